The normalized spacial score (nSPS) is 11.0. The number of esters is 1. The Morgan fingerprint density at radius 2 is 2.09 bits per heavy atom. The van der Waals surface area contributed by atoms with Crippen LogP contribution >= 0.6 is 11.8 Å². The van der Waals surface area contributed by atoms with E-state index in [2.05, 4.69) is 10.1 Å². The first-order chi connectivity index (χ1) is 10.6. The second-order valence-corrected chi connectivity index (χ2v) is 5.74. The molecule has 0 amide bonds. The predicted octanol–water partition coefficient (Wildman–Crippen LogP) is 3.54. The number of thioether (sulfide) groups is 1. The number of carbonyl (C=O) groups excluding carboxylic acids is 1. The van der Waals surface area contributed by atoms with Crippen molar-refractivity contribution in [1.29, 1.82) is 0 Å². The average molecular weight is 315 g/mol. The van der Waals surface area contributed by atoms with Crippen LogP contribution < -0.4 is 0 Å². The van der Waals surface area contributed by atoms with Crippen molar-refractivity contribution in [2.75, 3.05) is 12.9 Å². The summed E-state index contributed by atoms with van der Waals surface area (Å²) >= 11 is 1.47. The van der Waals surface area contributed by atoms with Gasteiger partial charge in [-0.15, -0.1) is 11.8 Å². The minimum Gasteiger partial charge on any atom is -0.462 e. The molecular weight excluding hydrogens is 298 g/mol. The zero-order valence-corrected chi connectivity index (χ0v) is 13.5. The zero-order chi connectivity index (χ0) is 15.7. The molecular formula is C16H17N3O2S. The van der Waals surface area contributed by atoms with E-state index in [-0.39, 0.29) is 5.97 Å². The first kappa shape index (κ1) is 14.7. The van der Waals surface area contributed by atoms with Gasteiger partial charge < -0.3 is 4.74 Å². The van der Waals surface area contributed by atoms with Gasteiger partial charge in [-0.1, -0.05) is 29.8 Å². The lowest BCUT2D eigenvalue weighted by atomic mass is 10.1. The quantitative estimate of drug-likeness (QED) is 0.591. The minimum absolute atomic E-state index is 0.343. The van der Waals surface area contributed by atoms with Crippen LogP contribution in [0.15, 0.2) is 35.5 Å². The first-order valence-corrected chi connectivity index (χ1v) is 8.25. The van der Waals surface area contributed by atoms with Crippen molar-refractivity contribution in [1.82, 2.24) is 14.6 Å². The summed E-state index contributed by atoms with van der Waals surface area (Å²) < 4.78 is 6.91. The summed E-state index contributed by atoms with van der Waals surface area (Å²) in [6.07, 6.45) is 3.80. The Kier molecular flexibility index (Phi) is 3.94. The van der Waals surface area contributed by atoms with Crippen LogP contribution in [-0.4, -0.2) is 33.4 Å². The van der Waals surface area contributed by atoms with Crippen LogP contribution in [0.5, 0.6) is 0 Å². The summed E-state index contributed by atoms with van der Waals surface area (Å²) in [5, 5.41) is 3.93. The molecule has 2 heterocycles. The van der Waals surface area contributed by atoms with E-state index in [0.29, 0.717) is 17.8 Å². The lowest BCUT2D eigenvalue weighted by Gasteiger charge is -2.01. The molecule has 3 aromatic rings. The smallest absolute Gasteiger partial charge is 0.344 e. The summed E-state index contributed by atoms with van der Waals surface area (Å²) in [6.45, 7) is 4.18. The van der Waals surface area contributed by atoms with Gasteiger partial charge in [-0.2, -0.15) is 0 Å². The molecule has 0 saturated carbocycles. The number of rotatable bonds is 4. The Hall–Kier alpha value is -2.21. The molecule has 0 aliphatic heterocycles. The Balaban J connectivity index is 2.10. The summed E-state index contributed by atoms with van der Waals surface area (Å²) in [4.78, 5) is 16.8. The highest BCUT2D eigenvalue weighted by Crippen LogP contribution is 2.27. The number of fused-ring (bicyclic) bond motifs is 1. The van der Waals surface area contributed by atoms with Crippen LogP contribution in [0.4, 0.5) is 0 Å². The molecule has 0 aliphatic carbocycles. The van der Waals surface area contributed by atoms with E-state index in [1.165, 1.54) is 17.3 Å². The van der Waals surface area contributed by atoms with Gasteiger partial charge in [-0.05, 0) is 20.1 Å². The molecule has 1 aromatic carbocycles. The molecule has 114 valence electrons. The van der Waals surface area contributed by atoms with Crippen LogP contribution in [-0.2, 0) is 4.74 Å². The van der Waals surface area contributed by atoms with Gasteiger partial charge >= 0.3 is 5.97 Å². The predicted molar refractivity (Wildman–Crippen MR) is 87.5 cm³/mol. The molecule has 0 aliphatic rings. The first-order valence-electron chi connectivity index (χ1n) is 7.03. The number of aromatic amines is 1. The number of hydrogen-bond donors (Lipinski definition) is 1. The van der Waals surface area contributed by atoms with Crippen molar-refractivity contribution in [3.63, 3.8) is 0 Å². The Morgan fingerprint density at radius 1 is 1.36 bits per heavy atom. The highest BCUT2D eigenvalue weighted by Gasteiger charge is 2.22. The fourth-order valence-electron chi connectivity index (χ4n) is 2.31. The molecule has 0 radical (unpaired) electrons. The molecule has 0 atom stereocenters. The van der Waals surface area contributed by atoms with Crippen LogP contribution in [0, 0.1) is 6.92 Å². The maximum Gasteiger partial charge on any atom is 0.344 e. The summed E-state index contributed by atoms with van der Waals surface area (Å²) in [5.41, 5.74) is 4.13. The lowest BCUT2D eigenvalue weighted by molar-refractivity contribution is 0.0524. The molecule has 3 rings (SSSR count). The topological polar surface area (TPSA) is 59.4 Å². The van der Waals surface area contributed by atoms with Gasteiger partial charge in [0.15, 0.2) is 5.65 Å². The molecule has 0 spiro atoms. The number of H-pyrrole nitrogens is 1. The summed E-state index contributed by atoms with van der Waals surface area (Å²) in [7, 11) is 0. The highest BCUT2D eigenvalue weighted by molar-refractivity contribution is 7.98. The number of aromatic nitrogens is 3. The van der Waals surface area contributed by atoms with E-state index < -0.39 is 0 Å². The number of nitrogens with one attached hydrogen (secondary N) is 1. The number of benzene rings is 1. The van der Waals surface area contributed by atoms with Crippen molar-refractivity contribution in [3.8, 4) is 11.3 Å². The maximum atomic E-state index is 12.2. The van der Waals surface area contributed by atoms with E-state index in [1.807, 2.05) is 43.6 Å². The standard InChI is InChI=1S/C16H17N3O2S/c1-4-21-16(20)13-14-17-12(9-19(14)18-15(13)22-3)11-7-5-10(2)6-8-11/h5-9,18H,4H2,1-3H3. The second-order valence-electron chi connectivity index (χ2n) is 4.93. The molecule has 5 nitrogen and oxygen atoms in total. The third kappa shape index (κ3) is 2.50. The van der Waals surface area contributed by atoms with Gasteiger partial charge in [0.25, 0.3) is 0 Å². The monoisotopic (exact) mass is 315 g/mol. The molecule has 22 heavy (non-hydrogen) atoms. The largest absolute Gasteiger partial charge is 0.462 e. The van der Waals surface area contributed by atoms with Gasteiger partial charge in [-0.3, -0.25) is 5.10 Å². The van der Waals surface area contributed by atoms with Crippen LogP contribution in [0.2, 0.25) is 0 Å². The number of aryl methyl sites for hydroxylation is 1. The second kappa shape index (κ2) is 5.88. The summed E-state index contributed by atoms with van der Waals surface area (Å²) in [6, 6.07) is 8.14. The fraction of sp³-hybridized carbons (Fsp3) is 0.250. The number of ether oxygens (including phenoxy) is 1. The van der Waals surface area contributed by atoms with Crippen LogP contribution in [0.1, 0.15) is 22.8 Å². The molecule has 2 aromatic heterocycles. The molecule has 0 unspecified atom stereocenters. The van der Waals surface area contributed by atoms with Crippen molar-refractivity contribution in [3.05, 3.63) is 41.6 Å². The van der Waals surface area contributed by atoms with E-state index in [0.717, 1.165) is 16.3 Å². The van der Waals surface area contributed by atoms with Gasteiger partial charge in [0.05, 0.1) is 18.5 Å². The third-order valence-corrected chi connectivity index (χ3v) is 4.11. The summed E-state index contributed by atoms with van der Waals surface area (Å²) in [5.74, 6) is -0.348. The minimum atomic E-state index is -0.348. The van der Waals surface area contributed by atoms with E-state index in [9.17, 15) is 4.79 Å². The van der Waals surface area contributed by atoms with E-state index >= 15 is 0 Å². The van der Waals surface area contributed by atoms with Crippen molar-refractivity contribution >= 4 is 23.4 Å². The fourth-order valence-corrected chi connectivity index (χ4v) is 2.88. The molecule has 0 bridgehead atoms. The number of nitrogens with zero attached hydrogens (tertiary/aromatic N) is 2. The molecule has 0 fully saturated rings. The van der Waals surface area contributed by atoms with Gasteiger partial charge in [0.2, 0.25) is 0 Å². The van der Waals surface area contributed by atoms with E-state index in [1.54, 1.807) is 11.4 Å². The number of imidazole rings is 1. The zero-order valence-electron chi connectivity index (χ0n) is 12.7. The SMILES string of the molecule is CCOC(=O)c1c(SC)[nH]n2cc(-c3ccc(C)cc3)nc12. The van der Waals surface area contributed by atoms with Gasteiger partial charge in [0, 0.05) is 5.56 Å². The van der Waals surface area contributed by atoms with Crippen LogP contribution in [0.25, 0.3) is 16.9 Å². The Labute approximate surface area is 132 Å². The number of carbonyl (C=O) groups is 1. The maximum absolute atomic E-state index is 12.2. The van der Waals surface area contributed by atoms with Crippen LogP contribution in [0.3, 0.4) is 0 Å². The highest BCUT2D eigenvalue weighted by atomic mass is 32.2. The van der Waals surface area contributed by atoms with Crippen molar-refractivity contribution in [2.45, 2.75) is 18.9 Å². The third-order valence-electron chi connectivity index (χ3n) is 3.41. The lowest BCUT2D eigenvalue weighted by Crippen LogP contribution is -2.05. The number of hydrogen-bond acceptors (Lipinski definition) is 4. The average Bonchev–Trinajstić information content (AvgIpc) is 3.05. The van der Waals surface area contributed by atoms with Crippen molar-refractivity contribution < 1.29 is 9.53 Å². The molecule has 6 heteroatoms. The Morgan fingerprint density at radius 3 is 2.73 bits per heavy atom. The van der Waals surface area contributed by atoms with Gasteiger partial charge in [0.1, 0.15) is 10.6 Å². The Bertz CT molecular complexity index is 818. The molecule has 1 N–H and O–H groups in total. The van der Waals surface area contributed by atoms with Crippen molar-refractivity contribution in [2.24, 2.45) is 0 Å². The van der Waals surface area contributed by atoms with E-state index in [4.69, 9.17) is 4.74 Å². The molecule has 0 saturated heterocycles. The van der Waals surface area contributed by atoms with Gasteiger partial charge in [-0.25, -0.2) is 14.3 Å².